The average molecular weight is 261 g/mol. The summed E-state index contributed by atoms with van der Waals surface area (Å²) in [5.74, 6) is 0.146. The quantitative estimate of drug-likeness (QED) is 0.696. The van der Waals surface area contributed by atoms with Crippen LogP contribution in [0.2, 0.25) is 0 Å². The number of amides is 1. The van der Waals surface area contributed by atoms with E-state index in [-0.39, 0.29) is 17.9 Å². The molecule has 0 bridgehead atoms. The van der Waals surface area contributed by atoms with E-state index in [1.165, 1.54) is 19.3 Å². The van der Waals surface area contributed by atoms with Crippen molar-refractivity contribution in [3.8, 4) is 0 Å². The zero-order chi connectivity index (χ0) is 14.1. The molecule has 106 valence electrons. The Hall–Kier alpha value is -1.31. The van der Waals surface area contributed by atoms with Crippen LogP contribution in [0, 0.1) is 0 Å². The Morgan fingerprint density at radius 3 is 2.42 bits per heavy atom. The third kappa shape index (κ3) is 5.46. The lowest BCUT2D eigenvalue weighted by Gasteiger charge is -2.19. The van der Waals surface area contributed by atoms with Gasteiger partial charge in [0, 0.05) is 6.04 Å². The van der Waals surface area contributed by atoms with Crippen LogP contribution in [0.4, 0.5) is 0 Å². The molecule has 2 nitrogen and oxygen atoms in total. The van der Waals surface area contributed by atoms with E-state index < -0.39 is 0 Å². The highest BCUT2D eigenvalue weighted by Crippen LogP contribution is 2.19. The Balaban J connectivity index is 2.50. The molecule has 0 spiro atoms. The molecule has 1 amide bonds. The molecule has 1 aromatic rings. The molecule has 0 aromatic heterocycles. The van der Waals surface area contributed by atoms with Crippen LogP contribution in [0.5, 0.6) is 0 Å². The molecule has 0 saturated carbocycles. The molecular weight excluding hydrogens is 234 g/mol. The van der Waals surface area contributed by atoms with Crippen LogP contribution in [-0.4, -0.2) is 11.9 Å². The van der Waals surface area contributed by atoms with Crippen LogP contribution < -0.4 is 5.32 Å². The zero-order valence-corrected chi connectivity index (χ0v) is 12.5. The lowest BCUT2D eigenvalue weighted by Crippen LogP contribution is -2.36. The summed E-state index contributed by atoms with van der Waals surface area (Å²) in [6.45, 7) is 6.37. The van der Waals surface area contributed by atoms with Gasteiger partial charge in [0.25, 0.3) is 0 Å². The number of benzene rings is 1. The van der Waals surface area contributed by atoms with Gasteiger partial charge in [0.05, 0.1) is 5.92 Å². The van der Waals surface area contributed by atoms with Crippen molar-refractivity contribution >= 4 is 5.91 Å². The van der Waals surface area contributed by atoms with Gasteiger partial charge >= 0.3 is 0 Å². The fraction of sp³-hybridized carbons (Fsp3) is 0.588. The van der Waals surface area contributed by atoms with Crippen LogP contribution in [0.15, 0.2) is 30.3 Å². The largest absolute Gasteiger partial charge is 0.353 e. The molecule has 0 unspecified atom stereocenters. The molecule has 0 saturated heterocycles. The Morgan fingerprint density at radius 1 is 1.16 bits per heavy atom. The number of carbonyl (C=O) groups is 1. The SMILES string of the molecule is CCCCC[C@H](C)NC(=O)[C@H](CC)c1ccccc1. The van der Waals surface area contributed by atoms with Gasteiger partial charge in [-0.25, -0.2) is 0 Å². The maximum Gasteiger partial charge on any atom is 0.227 e. The molecule has 1 N–H and O–H groups in total. The van der Waals surface area contributed by atoms with Crippen molar-refractivity contribution < 1.29 is 4.79 Å². The molecule has 0 fully saturated rings. The van der Waals surface area contributed by atoms with Crippen molar-refractivity contribution in [2.45, 2.75) is 64.8 Å². The van der Waals surface area contributed by atoms with E-state index in [1.54, 1.807) is 0 Å². The maximum atomic E-state index is 12.3. The molecule has 2 atom stereocenters. The summed E-state index contributed by atoms with van der Waals surface area (Å²) in [5, 5.41) is 3.15. The Labute approximate surface area is 117 Å². The normalized spacial score (nSPS) is 13.8. The summed E-state index contributed by atoms with van der Waals surface area (Å²) >= 11 is 0. The Morgan fingerprint density at radius 2 is 1.84 bits per heavy atom. The number of nitrogens with one attached hydrogen (secondary N) is 1. The number of hydrogen-bond acceptors (Lipinski definition) is 1. The van der Waals surface area contributed by atoms with E-state index in [2.05, 4.69) is 26.1 Å². The predicted octanol–water partition coefficient (Wildman–Crippen LogP) is 4.27. The highest BCUT2D eigenvalue weighted by molar-refractivity contribution is 5.83. The Kier molecular flexibility index (Phi) is 7.24. The summed E-state index contributed by atoms with van der Waals surface area (Å²) < 4.78 is 0. The summed E-state index contributed by atoms with van der Waals surface area (Å²) in [5.41, 5.74) is 1.11. The molecule has 1 rings (SSSR count). The highest BCUT2D eigenvalue weighted by atomic mass is 16.1. The molecule has 0 aliphatic rings. The molecule has 0 radical (unpaired) electrons. The summed E-state index contributed by atoms with van der Waals surface area (Å²) in [4.78, 5) is 12.3. The van der Waals surface area contributed by atoms with Gasteiger partial charge in [-0.05, 0) is 25.3 Å². The van der Waals surface area contributed by atoms with Gasteiger partial charge in [0.2, 0.25) is 5.91 Å². The average Bonchev–Trinajstić information content (AvgIpc) is 2.41. The fourth-order valence-electron chi connectivity index (χ4n) is 2.37. The third-order valence-electron chi connectivity index (χ3n) is 3.56. The lowest BCUT2D eigenvalue weighted by atomic mass is 9.95. The molecule has 2 heteroatoms. The van der Waals surface area contributed by atoms with Gasteiger partial charge in [-0.2, -0.15) is 0 Å². The van der Waals surface area contributed by atoms with Gasteiger partial charge in [-0.1, -0.05) is 63.4 Å². The smallest absolute Gasteiger partial charge is 0.227 e. The standard InChI is InChI=1S/C17H27NO/c1-4-6-8-11-14(3)18-17(19)16(5-2)15-12-9-7-10-13-15/h7,9-10,12-14,16H,4-6,8,11H2,1-3H3,(H,18,19)/t14-,16+/m0/s1. The maximum absolute atomic E-state index is 12.3. The topological polar surface area (TPSA) is 29.1 Å². The van der Waals surface area contributed by atoms with E-state index in [9.17, 15) is 4.79 Å². The van der Waals surface area contributed by atoms with Gasteiger partial charge in [-0.3, -0.25) is 4.79 Å². The molecular formula is C17H27NO. The first-order chi connectivity index (χ1) is 9.19. The minimum atomic E-state index is -0.0187. The van der Waals surface area contributed by atoms with E-state index in [0.717, 1.165) is 18.4 Å². The molecule has 0 heterocycles. The minimum Gasteiger partial charge on any atom is -0.353 e. The van der Waals surface area contributed by atoms with E-state index >= 15 is 0 Å². The summed E-state index contributed by atoms with van der Waals surface area (Å²) in [6, 6.07) is 10.3. The first-order valence-corrected chi connectivity index (χ1v) is 7.54. The predicted molar refractivity (Wildman–Crippen MR) is 81.2 cm³/mol. The fourth-order valence-corrected chi connectivity index (χ4v) is 2.37. The molecule has 19 heavy (non-hydrogen) atoms. The Bertz CT molecular complexity index is 361. The molecule has 0 aliphatic heterocycles. The summed E-state index contributed by atoms with van der Waals surface area (Å²) in [6.07, 6.45) is 5.58. The number of hydrogen-bond donors (Lipinski definition) is 1. The van der Waals surface area contributed by atoms with Gasteiger partial charge in [0.15, 0.2) is 0 Å². The number of rotatable bonds is 8. The minimum absolute atomic E-state index is 0.0187. The number of unbranched alkanes of at least 4 members (excludes halogenated alkanes) is 2. The van der Waals surface area contributed by atoms with Crippen molar-refractivity contribution in [1.82, 2.24) is 5.32 Å². The van der Waals surface area contributed by atoms with E-state index in [1.807, 2.05) is 30.3 Å². The zero-order valence-electron chi connectivity index (χ0n) is 12.5. The second-order valence-electron chi connectivity index (χ2n) is 5.28. The summed E-state index contributed by atoms with van der Waals surface area (Å²) in [7, 11) is 0. The third-order valence-corrected chi connectivity index (χ3v) is 3.56. The second kappa shape index (κ2) is 8.73. The van der Waals surface area contributed by atoms with Crippen molar-refractivity contribution in [2.75, 3.05) is 0 Å². The monoisotopic (exact) mass is 261 g/mol. The van der Waals surface area contributed by atoms with Crippen LogP contribution in [0.25, 0.3) is 0 Å². The molecule has 1 aromatic carbocycles. The van der Waals surface area contributed by atoms with Gasteiger partial charge < -0.3 is 5.32 Å². The van der Waals surface area contributed by atoms with Crippen LogP contribution in [0.3, 0.4) is 0 Å². The van der Waals surface area contributed by atoms with E-state index in [0.29, 0.717) is 0 Å². The van der Waals surface area contributed by atoms with Crippen LogP contribution >= 0.6 is 0 Å². The number of carbonyl (C=O) groups excluding carboxylic acids is 1. The van der Waals surface area contributed by atoms with Crippen molar-refractivity contribution in [2.24, 2.45) is 0 Å². The van der Waals surface area contributed by atoms with Crippen LogP contribution in [-0.2, 0) is 4.79 Å². The van der Waals surface area contributed by atoms with E-state index in [4.69, 9.17) is 0 Å². The van der Waals surface area contributed by atoms with Crippen molar-refractivity contribution in [3.05, 3.63) is 35.9 Å². The first kappa shape index (κ1) is 15.7. The second-order valence-corrected chi connectivity index (χ2v) is 5.28. The van der Waals surface area contributed by atoms with Gasteiger partial charge in [0.1, 0.15) is 0 Å². The van der Waals surface area contributed by atoms with Crippen molar-refractivity contribution in [1.29, 1.82) is 0 Å². The first-order valence-electron chi connectivity index (χ1n) is 7.54. The highest BCUT2D eigenvalue weighted by Gasteiger charge is 2.19. The van der Waals surface area contributed by atoms with Crippen LogP contribution in [0.1, 0.15) is 64.4 Å². The lowest BCUT2D eigenvalue weighted by molar-refractivity contribution is -0.123. The molecule has 0 aliphatic carbocycles. The van der Waals surface area contributed by atoms with Crippen molar-refractivity contribution in [3.63, 3.8) is 0 Å². The van der Waals surface area contributed by atoms with Gasteiger partial charge in [-0.15, -0.1) is 0 Å².